The summed E-state index contributed by atoms with van der Waals surface area (Å²) in [5.41, 5.74) is 1.38. The van der Waals surface area contributed by atoms with E-state index in [-0.39, 0.29) is 5.91 Å². The van der Waals surface area contributed by atoms with Crippen LogP contribution in [0.4, 0.5) is 5.82 Å². The lowest BCUT2D eigenvalue weighted by atomic mass is 10.1. The van der Waals surface area contributed by atoms with Crippen molar-refractivity contribution in [2.75, 3.05) is 18.4 Å². The Balaban J connectivity index is 1.63. The van der Waals surface area contributed by atoms with Gasteiger partial charge in [-0.25, -0.2) is 9.97 Å². The van der Waals surface area contributed by atoms with Crippen molar-refractivity contribution in [2.45, 2.75) is 20.0 Å². The first-order chi connectivity index (χ1) is 11.8. The summed E-state index contributed by atoms with van der Waals surface area (Å²) in [7, 11) is 0. The normalized spacial score (nSPS) is 13.8. The van der Waals surface area contributed by atoms with Gasteiger partial charge in [0.2, 0.25) is 0 Å². The summed E-state index contributed by atoms with van der Waals surface area (Å²) in [5, 5.41) is 12.1. The highest BCUT2D eigenvalue weighted by molar-refractivity contribution is 5.99. The number of anilines is 1. The van der Waals surface area contributed by atoms with Crippen molar-refractivity contribution in [3.05, 3.63) is 42.2 Å². The number of benzene rings is 1. The van der Waals surface area contributed by atoms with Gasteiger partial charge in [-0.3, -0.25) is 4.79 Å². The van der Waals surface area contributed by atoms with Gasteiger partial charge < -0.3 is 14.8 Å². The van der Waals surface area contributed by atoms with Crippen LogP contribution in [-0.2, 0) is 13.1 Å². The van der Waals surface area contributed by atoms with Crippen LogP contribution in [0.25, 0.3) is 10.9 Å². The van der Waals surface area contributed by atoms with E-state index < -0.39 is 0 Å². The number of hydrogen-bond acceptors (Lipinski definition) is 6. The van der Waals surface area contributed by atoms with Crippen LogP contribution >= 0.6 is 0 Å². The highest BCUT2D eigenvalue weighted by Gasteiger charge is 2.23. The highest BCUT2D eigenvalue weighted by atomic mass is 16.2. The minimum absolute atomic E-state index is 0.0187. The summed E-state index contributed by atoms with van der Waals surface area (Å²) in [6, 6.07) is 5.54. The first kappa shape index (κ1) is 14.6. The molecule has 0 saturated carbocycles. The second kappa shape index (κ2) is 5.88. The quantitative estimate of drug-likeness (QED) is 0.782. The summed E-state index contributed by atoms with van der Waals surface area (Å²) in [5.74, 6) is 1.58. The Morgan fingerprint density at radius 2 is 2.21 bits per heavy atom. The molecule has 1 aliphatic rings. The average molecular weight is 323 g/mol. The van der Waals surface area contributed by atoms with Crippen LogP contribution in [0.3, 0.4) is 0 Å². The lowest BCUT2D eigenvalue weighted by Gasteiger charge is -2.27. The molecular weight excluding hydrogens is 306 g/mol. The Kier molecular flexibility index (Phi) is 3.56. The number of hydrogen-bond donors (Lipinski definition) is 1. The summed E-state index contributed by atoms with van der Waals surface area (Å²) >= 11 is 0. The number of aromatic nitrogens is 5. The molecule has 8 nitrogen and oxygen atoms in total. The Morgan fingerprint density at radius 3 is 3.08 bits per heavy atom. The molecule has 1 N–H and O–H groups in total. The maximum atomic E-state index is 12.8. The van der Waals surface area contributed by atoms with Gasteiger partial charge >= 0.3 is 0 Å². The minimum Gasteiger partial charge on any atom is -0.370 e. The van der Waals surface area contributed by atoms with Crippen LogP contribution in [0.1, 0.15) is 23.1 Å². The molecule has 0 saturated heterocycles. The van der Waals surface area contributed by atoms with Crippen molar-refractivity contribution in [1.29, 1.82) is 0 Å². The third-order valence-electron chi connectivity index (χ3n) is 4.15. The average Bonchev–Trinajstić information content (AvgIpc) is 3.09. The molecule has 1 amide bonds. The first-order valence-electron chi connectivity index (χ1n) is 7.91. The fraction of sp³-hybridized carbons (Fsp3) is 0.312. The number of nitrogens with one attached hydrogen (secondary N) is 1. The molecule has 1 aliphatic heterocycles. The largest absolute Gasteiger partial charge is 0.370 e. The molecule has 4 rings (SSSR count). The van der Waals surface area contributed by atoms with E-state index in [1.165, 1.54) is 6.33 Å². The molecule has 24 heavy (non-hydrogen) atoms. The molecule has 122 valence electrons. The summed E-state index contributed by atoms with van der Waals surface area (Å²) in [6.07, 6.45) is 3.21. The molecular formula is C16H17N7O. The van der Waals surface area contributed by atoms with Crippen molar-refractivity contribution >= 4 is 22.6 Å². The third kappa shape index (κ3) is 2.45. The van der Waals surface area contributed by atoms with Crippen molar-refractivity contribution in [3.63, 3.8) is 0 Å². The van der Waals surface area contributed by atoms with Gasteiger partial charge in [0.15, 0.2) is 5.82 Å². The number of rotatable bonds is 3. The molecule has 0 bridgehead atoms. The van der Waals surface area contributed by atoms with Gasteiger partial charge in [0.25, 0.3) is 5.91 Å². The van der Waals surface area contributed by atoms with Crippen molar-refractivity contribution in [3.8, 4) is 0 Å². The number of nitrogens with zero attached hydrogens (tertiary/aromatic N) is 6. The maximum absolute atomic E-state index is 12.8. The number of fused-ring (bicyclic) bond motifs is 2. The van der Waals surface area contributed by atoms with Gasteiger partial charge in [0, 0.05) is 30.6 Å². The molecule has 1 aromatic carbocycles. The van der Waals surface area contributed by atoms with E-state index in [0.29, 0.717) is 25.2 Å². The number of carbonyl (C=O) groups excluding carboxylic acids is 1. The van der Waals surface area contributed by atoms with Gasteiger partial charge in [-0.05, 0) is 25.1 Å². The Bertz CT molecular complexity index is 904. The predicted molar refractivity (Wildman–Crippen MR) is 88.5 cm³/mol. The zero-order valence-electron chi connectivity index (χ0n) is 13.3. The van der Waals surface area contributed by atoms with Gasteiger partial charge in [-0.1, -0.05) is 0 Å². The summed E-state index contributed by atoms with van der Waals surface area (Å²) in [4.78, 5) is 23.1. The van der Waals surface area contributed by atoms with Crippen molar-refractivity contribution < 1.29 is 4.79 Å². The number of carbonyl (C=O) groups is 1. The van der Waals surface area contributed by atoms with E-state index >= 15 is 0 Å². The molecule has 0 atom stereocenters. The fourth-order valence-electron chi connectivity index (χ4n) is 2.92. The highest BCUT2D eigenvalue weighted by Crippen LogP contribution is 2.22. The maximum Gasteiger partial charge on any atom is 0.254 e. The molecule has 0 aliphatic carbocycles. The van der Waals surface area contributed by atoms with Gasteiger partial charge in [-0.15, -0.1) is 10.2 Å². The van der Waals surface area contributed by atoms with Gasteiger partial charge in [0.05, 0.1) is 12.1 Å². The summed E-state index contributed by atoms with van der Waals surface area (Å²) < 4.78 is 1.97. The van der Waals surface area contributed by atoms with Crippen LogP contribution in [0.2, 0.25) is 0 Å². The second-order valence-corrected chi connectivity index (χ2v) is 5.65. The minimum atomic E-state index is -0.0187. The Hall–Kier alpha value is -3.03. The molecule has 2 aromatic heterocycles. The molecule has 0 radical (unpaired) electrons. The van der Waals surface area contributed by atoms with Crippen LogP contribution in [-0.4, -0.2) is 48.6 Å². The standard InChI is InChI=1S/C16H17N7O/c1-2-17-15-12-4-3-11(7-13(12)18-9-19-15)16(24)22-5-6-23-10-20-21-14(23)8-22/h3-4,7,9-10H,2,5-6,8H2,1H3,(H,17,18,19). The Morgan fingerprint density at radius 1 is 1.29 bits per heavy atom. The molecule has 0 unspecified atom stereocenters. The van der Waals surface area contributed by atoms with Crippen LogP contribution in [0.5, 0.6) is 0 Å². The smallest absolute Gasteiger partial charge is 0.254 e. The van der Waals surface area contributed by atoms with E-state index in [2.05, 4.69) is 25.5 Å². The van der Waals surface area contributed by atoms with Crippen molar-refractivity contribution in [1.82, 2.24) is 29.6 Å². The predicted octanol–water partition coefficient (Wildman–Crippen LogP) is 1.31. The van der Waals surface area contributed by atoms with Crippen LogP contribution < -0.4 is 5.32 Å². The lowest BCUT2D eigenvalue weighted by molar-refractivity contribution is 0.0707. The van der Waals surface area contributed by atoms with E-state index in [1.54, 1.807) is 11.2 Å². The lowest BCUT2D eigenvalue weighted by Crippen LogP contribution is -2.38. The van der Waals surface area contributed by atoms with Crippen LogP contribution in [0, 0.1) is 0 Å². The molecule has 8 heteroatoms. The molecule has 0 fully saturated rings. The molecule has 3 aromatic rings. The van der Waals surface area contributed by atoms with E-state index in [4.69, 9.17) is 0 Å². The van der Waals surface area contributed by atoms with Crippen molar-refractivity contribution in [2.24, 2.45) is 0 Å². The Labute approximate surface area is 138 Å². The van der Waals surface area contributed by atoms with E-state index in [9.17, 15) is 4.79 Å². The zero-order chi connectivity index (χ0) is 16.5. The summed E-state index contributed by atoms with van der Waals surface area (Å²) in [6.45, 7) is 4.63. The monoisotopic (exact) mass is 323 g/mol. The van der Waals surface area contributed by atoms with Gasteiger partial charge in [0.1, 0.15) is 18.5 Å². The zero-order valence-corrected chi connectivity index (χ0v) is 13.3. The third-order valence-corrected chi connectivity index (χ3v) is 4.15. The first-order valence-corrected chi connectivity index (χ1v) is 7.91. The molecule has 3 heterocycles. The fourth-order valence-corrected chi connectivity index (χ4v) is 2.92. The van der Waals surface area contributed by atoms with Crippen LogP contribution in [0.15, 0.2) is 30.9 Å². The van der Waals surface area contributed by atoms with E-state index in [0.717, 1.165) is 29.1 Å². The number of amides is 1. The van der Waals surface area contributed by atoms with E-state index in [1.807, 2.05) is 29.7 Å². The van der Waals surface area contributed by atoms with Gasteiger partial charge in [-0.2, -0.15) is 0 Å². The SMILES string of the molecule is CCNc1ncnc2cc(C(=O)N3CCn4cnnc4C3)ccc12. The topological polar surface area (TPSA) is 88.8 Å². The molecule has 0 spiro atoms. The second-order valence-electron chi connectivity index (χ2n) is 5.65.